The topological polar surface area (TPSA) is 107 Å². The van der Waals surface area contributed by atoms with Crippen molar-refractivity contribution in [1.82, 2.24) is 10.4 Å². The maximum atomic E-state index is 12.3. The zero-order valence-electron chi connectivity index (χ0n) is 16.7. The summed E-state index contributed by atoms with van der Waals surface area (Å²) < 4.78 is 4.96. The van der Waals surface area contributed by atoms with Crippen LogP contribution in [-0.4, -0.2) is 29.8 Å². The van der Waals surface area contributed by atoms with Crippen LogP contribution in [0.5, 0.6) is 0 Å². The molecule has 156 valence electrons. The molecule has 2 amide bonds. The number of para-hydroxylation sites is 1. The fraction of sp³-hybridized carbons (Fsp3) is 0.0909. The van der Waals surface area contributed by atoms with Crippen LogP contribution < -0.4 is 11.2 Å². The first kappa shape index (κ1) is 20.7. The summed E-state index contributed by atoms with van der Waals surface area (Å²) in [6.45, 7) is 1.80. The average molecular weight is 451 g/mol. The van der Waals surface area contributed by atoms with Crippen molar-refractivity contribution in [2.24, 2.45) is 10.8 Å². The van der Waals surface area contributed by atoms with Crippen LogP contribution in [0.4, 0.5) is 4.79 Å². The number of nitrogens with zero attached hydrogens (tertiary/aromatic N) is 2. The smallest absolute Gasteiger partial charge is 0.338 e. The Morgan fingerprint density at radius 3 is 2.52 bits per heavy atom. The summed E-state index contributed by atoms with van der Waals surface area (Å²) in [5.74, 6) is -0.390. The Morgan fingerprint density at radius 1 is 1.03 bits per heavy atom. The summed E-state index contributed by atoms with van der Waals surface area (Å²) in [7, 11) is 1.37. The summed E-state index contributed by atoms with van der Waals surface area (Å²) >= 11 is 3.15. The number of primary amides is 1. The molecule has 1 aromatic carbocycles. The molecule has 9 heteroatoms. The van der Waals surface area contributed by atoms with Crippen molar-refractivity contribution in [3.63, 3.8) is 0 Å². The molecule has 4 aromatic rings. The first-order valence-electron chi connectivity index (χ1n) is 9.25. The van der Waals surface area contributed by atoms with E-state index in [1.165, 1.54) is 7.11 Å². The number of fused-ring (bicyclic) bond motifs is 1. The minimum Gasteiger partial charge on any atom is -0.465 e. The third-order valence-electron chi connectivity index (χ3n) is 4.52. The van der Waals surface area contributed by atoms with Crippen molar-refractivity contribution in [3.05, 3.63) is 65.0 Å². The molecule has 4 rings (SSSR count). The Morgan fingerprint density at radius 2 is 1.74 bits per heavy atom. The third kappa shape index (κ3) is 4.32. The van der Waals surface area contributed by atoms with Gasteiger partial charge >= 0.3 is 12.0 Å². The lowest BCUT2D eigenvalue weighted by atomic mass is 10.1. The first-order chi connectivity index (χ1) is 15.0. The highest BCUT2D eigenvalue weighted by Crippen LogP contribution is 2.38. The third-order valence-corrected chi connectivity index (χ3v) is 7.02. The number of amides is 2. The van der Waals surface area contributed by atoms with E-state index in [-0.39, 0.29) is 5.97 Å². The molecule has 0 aliphatic carbocycles. The van der Waals surface area contributed by atoms with E-state index in [0.717, 1.165) is 36.1 Å². The molecule has 31 heavy (non-hydrogen) atoms. The van der Waals surface area contributed by atoms with Crippen molar-refractivity contribution in [2.75, 3.05) is 7.11 Å². The number of aromatic nitrogens is 1. The lowest BCUT2D eigenvalue weighted by Gasteiger charge is -2.07. The number of carbonyl (C=O) groups excluding carboxylic acids is 2. The molecule has 7 nitrogen and oxygen atoms in total. The molecule has 3 N–H and O–H groups in total. The lowest BCUT2D eigenvalue weighted by Crippen LogP contribution is -2.25. The fourth-order valence-corrected chi connectivity index (χ4v) is 5.06. The highest BCUT2D eigenvalue weighted by molar-refractivity contribution is 7.24. The van der Waals surface area contributed by atoms with Gasteiger partial charge in [-0.15, -0.1) is 22.7 Å². The number of hydrazone groups is 1. The van der Waals surface area contributed by atoms with Gasteiger partial charge in [0.1, 0.15) is 0 Å². The van der Waals surface area contributed by atoms with Gasteiger partial charge in [0.05, 0.1) is 39.3 Å². The number of hydrogen-bond donors (Lipinski definition) is 2. The molecule has 0 saturated heterocycles. The SMILES string of the molecule is COC(=O)c1cc(-c2ccc(-c3ccc(C(C)=NNC(N)=O)s3)s2)nc2ccccc12. The Balaban J connectivity index is 1.68. The van der Waals surface area contributed by atoms with E-state index >= 15 is 0 Å². The number of esters is 1. The number of pyridine rings is 1. The molecule has 3 heterocycles. The van der Waals surface area contributed by atoms with E-state index in [2.05, 4.69) is 10.5 Å². The van der Waals surface area contributed by atoms with Gasteiger partial charge in [-0.2, -0.15) is 5.10 Å². The zero-order chi connectivity index (χ0) is 22.0. The van der Waals surface area contributed by atoms with E-state index in [1.54, 1.807) is 35.7 Å². The Hall–Kier alpha value is -3.56. The molecule has 0 aliphatic rings. The number of thiophene rings is 2. The maximum Gasteiger partial charge on any atom is 0.338 e. The minimum absolute atomic E-state index is 0.390. The quantitative estimate of drug-likeness (QED) is 0.257. The molecule has 0 atom stereocenters. The van der Waals surface area contributed by atoms with Gasteiger partial charge in [-0.3, -0.25) is 0 Å². The van der Waals surface area contributed by atoms with Crippen LogP contribution in [0.2, 0.25) is 0 Å². The molecular weight excluding hydrogens is 432 g/mol. The standard InChI is InChI=1S/C22H18N4O3S2/c1-12(25-26-22(23)28)17-7-9-19(30-17)20-10-8-18(31-20)16-11-14(21(27)29-2)13-5-3-4-6-15(13)24-16/h3-11H,1-2H3,(H3,23,26,28). The van der Waals surface area contributed by atoms with Gasteiger partial charge in [0.25, 0.3) is 0 Å². The van der Waals surface area contributed by atoms with E-state index in [0.29, 0.717) is 11.3 Å². The van der Waals surface area contributed by atoms with E-state index < -0.39 is 6.03 Å². The maximum absolute atomic E-state index is 12.3. The van der Waals surface area contributed by atoms with E-state index in [9.17, 15) is 9.59 Å². The zero-order valence-corrected chi connectivity index (χ0v) is 18.3. The summed E-state index contributed by atoms with van der Waals surface area (Å²) in [5, 5.41) is 4.73. The second kappa shape index (κ2) is 8.66. The number of methoxy groups -OCH3 is 1. The minimum atomic E-state index is -0.701. The average Bonchev–Trinajstić information content (AvgIpc) is 3.46. The number of rotatable bonds is 5. The fourth-order valence-electron chi connectivity index (χ4n) is 3.05. The number of carbonyl (C=O) groups is 2. The Kier molecular flexibility index (Phi) is 5.79. The second-order valence-corrected chi connectivity index (χ2v) is 8.73. The number of benzene rings is 1. The number of hydrogen-bond acceptors (Lipinski definition) is 7. The summed E-state index contributed by atoms with van der Waals surface area (Å²) in [5.41, 5.74) is 9.92. The van der Waals surface area contributed by atoms with Crippen molar-refractivity contribution in [3.8, 4) is 20.3 Å². The van der Waals surface area contributed by atoms with Gasteiger partial charge in [0.2, 0.25) is 0 Å². The predicted octanol–water partition coefficient (Wildman–Crippen LogP) is 4.87. The van der Waals surface area contributed by atoms with E-state index in [4.69, 9.17) is 15.5 Å². The summed E-state index contributed by atoms with van der Waals surface area (Å²) in [6.07, 6.45) is 0. The van der Waals surface area contributed by atoms with Crippen molar-refractivity contribution >= 4 is 51.3 Å². The Labute approximate surface area is 186 Å². The normalized spacial score (nSPS) is 11.5. The molecule has 0 spiro atoms. The predicted molar refractivity (Wildman–Crippen MR) is 125 cm³/mol. The van der Waals surface area contributed by atoms with Crippen molar-refractivity contribution < 1.29 is 14.3 Å². The van der Waals surface area contributed by atoms with Crippen LogP contribution in [0.3, 0.4) is 0 Å². The van der Waals surface area contributed by atoms with Crippen LogP contribution in [0.25, 0.3) is 31.2 Å². The highest BCUT2D eigenvalue weighted by Gasteiger charge is 2.16. The number of nitrogens with two attached hydrogens (primary N) is 1. The lowest BCUT2D eigenvalue weighted by molar-refractivity contribution is 0.0603. The summed E-state index contributed by atoms with van der Waals surface area (Å²) in [4.78, 5) is 31.9. The van der Waals surface area contributed by atoms with Gasteiger partial charge in [-0.05, 0) is 43.3 Å². The monoisotopic (exact) mass is 450 g/mol. The van der Waals surface area contributed by atoms with E-state index in [1.807, 2.05) is 48.5 Å². The van der Waals surface area contributed by atoms with Crippen molar-refractivity contribution in [2.45, 2.75) is 6.92 Å². The van der Waals surface area contributed by atoms with Gasteiger partial charge < -0.3 is 10.5 Å². The van der Waals surface area contributed by atoms with Crippen LogP contribution in [0.1, 0.15) is 22.2 Å². The molecule has 0 radical (unpaired) electrons. The first-order valence-corrected chi connectivity index (χ1v) is 10.9. The number of nitrogens with one attached hydrogen (secondary N) is 1. The van der Waals surface area contributed by atoms with Gasteiger partial charge in [-0.1, -0.05) is 18.2 Å². The van der Waals surface area contributed by atoms with Crippen molar-refractivity contribution in [1.29, 1.82) is 0 Å². The molecule has 0 aliphatic heterocycles. The van der Waals surface area contributed by atoms with Gasteiger partial charge in [0, 0.05) is 15.1 Å². The van der Waals surface area contributed by atoms with Crippen LogP contribution in [0, 0.1) is 0 Å². The van der Waals surface area contributed by atoms with Crippen LogP contribution in [-0.2, 0) is 4.74 Å². The largest absolute Gasteiger partial charge is 0.465 e. The number of ether oxygens (including phenoxy) is 1. The van der Waals surface area contributed by atoms with Gasteiger partial charge in [-0.25, -0.2) is 20.0 Å². The van der Waals surface area contributed by atoms with Crippen LogP contribution >= 0.6 is 22.7 Å². The Bertz CT molecular complexity index is 1320. The molecule has 0 bridgehead atoms. The molecule has 3 aromatic heterocycles. The molecule has 0 saturated carbocycles. The molecule has 0 fully saturated rings. The molecule has 0 unspecified atom stereocenters. The second-order valence-electron chi connectivity index (χ2n) is 6.56. The van der Waals surface area contributed by atoms with Crippen LogP contribution in [0.15, 0.2) is 59.7 Å². The highest BCUT2D eigenvalue weighted by atomic mass is 32.1. The number of urea groups is 1. The molecular formula is C22H18N4O3S2. The van der Waals surface area contributed by atoms with Gasteiger partial charge in [0.15, 0.2) is 0 Å². The summed E-state index contributed by atoms with van der Waals surface area (Å²) in [6, 6.07) is 16.6.